The zero-order valence-electron chi connectivity index (χ0n) is 10.1. The molecule has 0 aliphatic heterocycles. The number of nitrogens with two attached hydrogens (primary N) is 1. The second kappa shape index (κ2) is 5.46. The summed E-state index contributed by atoms with van der Waals surface area (Å²) < 4.78 is 7.31. The molecule has 3 rings (SSSR count). The van der Waals surface area contributed by atoms with Crippen molar-refractivity contribution >= 4 is 37.4 Å². The lowest BCUT2D eigenvalue weighted by atomic mass is 10.0. The van der Waals surface area contributed by atoms with Crippen LogP contribution in [0.25, 0.3) is 10.1 Å². The number of benzene rings is 1. The largest absolute Gasteiger partial charge is 0.457 e. The Labute approximate surface area is 123 Å². The van der Waals surface area contributed by atoms with E-state index in [1.165, 1.54) is 15.6 Å². The van der Waals surface area contributed by atoms with Gasteiger partial charge in [0.2, 0.25) is 0 Å². The number of rotatable bonds is 4. The van der Waals surface area contributed by atoms with Crippen LogP contribution in [0.2, 0.25) is 0 Å². The van der Waals surface area contributed by atoms with Crippen LogP contribution in [0.15, 0.2) is 51.1 Å². The monoisotopic (exact) mass is 336 g/mol. The van der Waals surface area contributed by atoms with E-state index in [-0.39, 0.29) is 6.04 Å². The van der Waals surface area contributed by atoms with Crippen molar-refractivity contribution in [1.82, 2.24) is 5.43 Å². The molecule has 0 radical (unpaired) electrons. The summed E-state index contributed by atoms with van der Waals surface area (Å²) in [6, 6.07) is 10.4. The van der Waals surface area contributed by atoms with Crippen molar-refractivity contribution < 1.29 is 4.42 Å². The average molecular weight is 337 g/mol. The molecule has 0 saturated carbocycles. The van der Waals surface area contributed by atoms with E-state index in [9.17, 15) is 0 Å². The van der Waals surface area contributed by atoms with Crippen molar-refractivity contribution in [2.24, 2.45) is 5.84 Å². The molecule has 2 aromatic heterocycles. The molecule has 0 amide bonds. The highest BCUT2D eigenvalue weighted by Crippen LogP contribution is 2.31. The number of hydrogen-bond acceptors (Lipinski definition) is 4. The molecular weight excluding hydrogens is 324 g/mol. The van der Waals surface area contributed by atoms with Crippen LogP contribution in [-0.4, -0.2) is 0 Å². The van der Waals surface area contributed by atoms with Gasteiger partial charge < -0.3 is 4.42 Å². The Hall–Kier alpha value is -1.14. The summed E-state index contributed by atoms with van der Waals surface area (Å²) >= 11 is 5.17. The predicted molar refractivity (Wildman–Crippen MR) is 82.0 cm³/mol. The van der Waals surface area contributed by atoms with Crippen molar-refractivity contribution in [3.8, 4) is 0 Å². The SMILES string of the molecule is NNC(Cc1csc2ccccc12)c1ccoc1Br. The molecule has 0 aliphatic rings. The molecule has 19 heavy (non-hydrogen) atoms. The molecule has 5 heteroatoms. The number of fused-ring (bicyclic) bond motifs is 1. The first-order chi connectivity index (χ1) is 9.29. The first-order valence-corrected chi connectivity index (χ1v) is 7.61. The van der Waals surface area contributed by atoms with Gasteiger partial charge in [-0.05, 0) is 50.8 Å². The fraction of sp³-hybridized carbons (Fsp3) is 0.143. The number of halogens is 1. The lowest BCUT2D eigenvalue weighted by Gasteiger charge is -2.14. The van der Waals surface area contributed by atoms with E-state index in [1.807, 2.05) is 6.07 Å². The third-order valence-electron chi connectivity index (χ3n) is 3.21. The maximum Gasteiger partial charge on any atom is 0.173 e. The molecule has 3 nitrogen and oxygen atoms in total. The van der Waals surface area contributed by atoms with Gasteiger partial charge in [0.05, 0.1) is 12.3 Å². The molecule has 1 aromatic carbocycles. The highest BCUT2D eigenvalue weighted by molar-refractivity contribution is 9.10. The molecule has 0 aliphatic carbocycles. The van der Waals surface area contributed by atoms with E-state index in [0.29, 0.717) is 0 Å². The minimum atomic E-state index is 0.0335. The standard InChI is InChI=1S/C14H13BrN2OS/c15-14-11(5-6-18-14)12(17-16)7-9-8-19-13-4-2-1-3-10(9)13/h1-6,8,12,17H,7,16H2. The lowest BCUT2D eigenvalue weighted by Crippen LogP contribution is -2.29. The molecule has 3 aromatic rings. The van der Waals surface area contributed by atoms with Crippen LogP contribution in [0.5, 0.6) is 0 Å². The highest BCUT2D eigenvalue weighted by atomic mass is 79.9. The van der Waals surface area contributed by atoms with Crippen LogP contribution in [0.4, 0.5) is 0 Å². The zero-order chi connectivity index (χ0) is 13.2. The Bertz CT molecular complexity index is 691. The first-order valence-electron chi connectivity index (χ1n) is 5.93. The number of furan rings is 1. The average Bonchev–Trinajstić information content (AvgIpc) is 3.03. The molecule has 0 spiro atoms. The number of thiophene rings is 1. The van der Waals surface area contributed by atoms with Gasteiger partial charge in [-0.15, -0.1) is 11.3 Å². The van der Waals surface area contributed by atoms with Gasteiger partial charge in [0.25, 0.3) is 0 Å². The van der Waals surface area contributed by atoms with E-state index in [0.717, 1.165) is 16.7 Å². The van der Waals surface area contributed by atoms with Crippen molar-refractivity contribution in [3.63, 3.8) is 0 Å². The van der Waals surface area contributed by atoms with Gasteiger partial charge in [-0.25, -0.2) is 0 Å². The van der Waals surface area contributed by atoms with Crippen molar-refractivity contribution in [1.29, 1.82) is 0 Å². The van der Waals surface area contributed by atoms with Crippen LogP contribution in [0, 0.1) is 0 Å². The Balaban J connectivity index is 1.93. The molecule has 3 N–H and O–H groups in total. The van der Waals surface area contributed by atoms with Gasteiger partial charge in [-0.1, -0.05) is 18.2 Å². The zero-order valence-corrected chi connectivity index (χ0v) is 12.5. The summed E-state index contributed by atoms with van der Waals surface area (Å²) in [6.45, 7) is 0. The Morgan fingerprint density at radius 3 is 2.89 bits per heavy atom. The topological polar surface area (TPSA) is 51.2 Å². The summed E-state index contributed by atoms with van der Waals surface area (Å²) in [5, 5.41) is 3.50. The fourth-order valence-corrected chi connectivity index (χ4v) is 3.72. The maximum absolute atomic E-state index is 5.68. The summed E-state index contributed by atoms with van der Waals surface area (Å²) in [4.78, 5) is 0. The summed E-state index contributed by atoms with van der Waals surface area (Å²) in [7, 11) is 0. The van der Waals surface area contributed by atoms with Gasteiger partial charge in [0.15, 0.2) is 4.67 Å². The quantitative estimate of drug-likeness (QED) is 0.559. The highest BCUT2D eigenvalue weighted by Gasteiger charge is 2.17. The van der Waals surface area contributed by atoms with E-state index >= 15 is 0 Å². The predicted octanol–water partition coefficient (Wildman–Crippen LogP) is 4.00. The van der Waals surface area contributed by atoms with Gasteiger partial charge in [0, 0.05) is 10.3 Å². The number of hydrogen-bond donors (Lipinski definition) is 2. The second-order valence-electron chi connectivity index (χ2n) is 4.33. The molecule has 0 fully saturated rings. The third-order valence-corrected chi connectivity index (χ3v) is 4.86. The molecule has 1 unspecified atom stereocenters. The van der Waals surface area contributed by atoms with Crippen LogP contribution < -0.4 is 11.3 Å². The molecule has 0 bridgehead atoms. The van der Waals surface area contributed by atoms with Crippen molar-refractivity contribution in [3.05, 3.63) is 57.8 Å². The molecular formula is C14H13BrN2OS. The smallest absolute Gasteiger partial charge is 0.173 e. The summed E-state index contributed by atoms with van der Waals surface area (Å²) in [5.74, 6) is 5.68. The van der Waals surface area contributed by atoms with Crippen LogP contribution >= 0.6 is 27.3 Å². The third kappa shape index (κ3) is 2.47. The Kier molecular flexibility index (Phi) is 3.70. The van der Waals surface area contributed by atoms with E-state index in [1.54, 1.807) is 17.6 Å². The van der Waals surface area contributed by atoms with Gasteiger partial charge >= 0.3 is 0 Å². The Morgan fingerprint density at radius 2 is 2.16 bits per heavy atom. The van der Waals surface area contributed by atoms with Crippen molar-refractivity contribution in [2.45, 2.75) is 12.5 Å². The number of hydrazine groups is 1. The molecule has 2 heterocycles. The maximum atomic E-state index is 5.68. The normalized spacial score (nSPS) is 12.9. The van der Waals surface area contributed by atoms with Gasteiger partial charge in [-0.3, -0.25) is 11.3 Å². The van der Waals surface area contributed by atoms with E-state index in [2.05, 4.69) is 51.0 Å². The van der Waals surface area contributed by atoms with E-state index < -0.39 is 0 Å². The van der Waals surface area contributed by atoms with Crippen LogP contribution in [0.1, 0.15) is 17.2 Å². The fourth-order valence-electron chi connectivity index (χ4n) is 2.22. The van der Waals surface area contributed by atoms with Gasteiger partial charge in [-0.2, -0.15) is 0 Å². The summed E-state index contributed by atoms with van der Waals surface area (Å²) in [6.07, 6.45) is 2.49. The minimum absolute atomic E-state index is 0.0335. The van der Waals surface area contributed by atoms with Gasteiger partial charge in [0.1, 0.15) is 0 Å². The molecule has 1 atom stereocenters. The summed E-state index contributed by atoms with van der Waals surface area (Å²) in [5.41, 5.74) is 5.20. The Morgan fingerprint density at radius 1 is 1.32 bits per heavy atom. The molecule has 0 saturated heterocycles. The van der Waals surface area contributed by atoms with E-state index in [4.69, 9.17) is 10.3 Å². The first kappa shape index (κ1) is 12.9. The lowest BCUT2D eigenvalue weighted by molar-refractivity contribution is 0.507. The van der Waals surface area contributed by atoms with Crippen molar-refractivity contribution in [2.75, 3.05) is 0 Å². The number of nitrogens with one attached hydrogen (secondary N) is 1. The minimum Gasteiger partial charge on any atom is -0.457 e. The van der Waals surface area contributed by atoms with Crippen LogP contribution in [0.3, 0.4) is 0 Å². The molecule has 98 valence electrons. The second-order valence-corrected chi connectivity index (χ2v) is 5.96. The van der Waals surface area contributed by atoms with Crippen LogP contribution in [-0.2, 0) is 6.42 Å².